The molecule has 0 radical (unpaired) electrons. The number of hydrogen-bond donors (Lipinski definition) is 1. The lowest BCUT2D eigenvalue weighted by Crippen LogP contribution is -2.37. The molecule has 1 aromatic heterocycles. The van der Waals surface area contributed by atoms with Crippen molar-refractivity contribution in [3.05, 3.63) is 75.8 Å². The number of aryl methyl sites for hydroxylation is 1. The van der Waals surface area contributed by atoms with Gasteiger partial charge in [0.15, 0.2) is 0 Å². The van der Waals surface area contributed by atoms with Crippen molar-refractivity contribution in [1.82, 2.24) is 14.9 Å². The maximum Gasteiger partial charge on any atom is 0.258 e. The molecule has 0 unspecified atom stereocenters. The zero-order valence-electron chi connectivity index (χ0n) is 15.9. The molecule has 1 atom stereocenters. The van der Waals surface area contributed by atoms with Crippen LogP contribution in [0.3, 0.4) is 0 Å². The summed E-state index contributed by atoms with van der Waals surface area (Å²) in [4.78, 5) is 34.6. The molecular weight excluding hydrogens is 354 g/mol. The van der Waals surface area contributed by atoms with Gasteiger partial charge in [0.1, 0.15) is 5.82 Å². The van der Waals surface area contributed by atoms with E-state index in [4.69, 9.17) is 4.74 Å². The van der Waals surface area contributed by atoms with E-state index in [2.05, 4.69) is 9.97 Å². The Bertz CT molecular complexity index is 1040. The molecule has 6 nitrogen and oxygen atoms in total. The number of carbonyl (C=O) groups is 1. The van der Waals surface area contributed by atoms with Gasteiger partial charge in [-0.3, -0.25) is 9.59 Å². The van der Waals surface area contributed by atoms with Crippen molar-refractivity contribution >= 4 is 16.8 Å². The monoisotopic (exact) mass is 377 g/mol. The summed E-state index contributed by atoms with van der Waals surface area (Å²) in [6.45, 7) is 3.42. The summed E-state index contributed by atoms with van der Waals surface area (Å²) in [5.41, 5.74) is 2.15. The number of aromatic amines is 1. The Morgan fingerprint density at radius 1 is 1.21 bits per heavy atom. The fourth-order valence-electron chi connectivity index (χ4n) is 3.52. The van der Waals surface area contributed by atoms with Gasteiger partial charge in [-0.05, 0) is 44.0 Å². The molecule has 28 heavy (non-hydrogen) atoms. The van der Waals surface area contributed by atoms with E-state index in [1.165, 1.54) is 0 Å². The number of amides is 1. The third-order valence-electron chi connectivity index (χ3n) is 5.04. The molecule has 1 saturated heterocycles. The predicted octanol–water partition coefficient (Wildman–Crippen LogP) is 3.05. The molecule has 4 rings (SSSR count). The summed E-state index contributed by atoms with van der Waals surface area (Å²) in [7, 11) is 0. The first-order valence-corrected chi connectivity index (χ1v) is 9.55. The first-order valence-electron chi connectivity index (χ1n) is 9.55. The summed E-state index contributed by atoms with van der Waals surface area (Å²) >= 11 is 0. The number of rotatable bonds is 5. The summed E-state index contributed by atoms with van der Waals surface area (Å²) in [5.74, 6) is 0.383. The van der Waals surface area contributed by atoms with Gasteiger partial charge in [-0.15, -0.1) is 0 Å². The van der Waals surface area contributed by atoms with Crippen LogP contribution >= 0.6 is 0 Å². The Morgan fingerprint density at radius 2 is 2.00 bits per heavy atom. The normalized spacial score (nSPS) is 16.4. The summed E-state index contributed by atoms with van der Waals surface area (Å²) in [6, 6.07) is 14.7. The number of carbonyl (C=O) groups excluding carboxylic acids is 1. The molecule has 0 spiro atoms. The number of aromatic nitrogens is 2. The Kier molecular flexibility index (Phi) is 5.21. The van der Waals surface area contributed by atoms with Crippen molar-refractivity contribution in [3.8, 4) is 0 Å². The molecule has 2 heterocycles. The lowest BCUT2D eigenvalue weighted by Gasteiger charge is -2.25. The van der Waals surface area contributed by atoms with Crippen molar-refractivity contribution < 1.29 is 9.53 Å². The quantitative estimate of drug-likeness (QED) is 0.742. The first-order chi connectivity index (χ1) is 13.6. The molecule has 6 heteroatoms. The Hall–Kier alpha value is -2.99. The second kappa shape index (κ2) is 7.94. The van der Waals surface area contributed by atoms with E-state index in [0.717, 1.165) is 25.0 Å². The van der Waals surface area contributed by atoms with E-state index in [1.54, 1.807) is 17.0 Å². The number of ether oxygens (including phenoxy) is 1. The number of benzene rings is 2. The maximum absolute atomic E-state index is 13.1. The highest BCUT2D eigenvalue weighted by molar-refractivity contribution is 5.94. The van der Waals surface area contributed by atoms with Crippen molar-refractivity contribution in [2.75, 3.05) is 13.2 Å². The maximum atomic E-state index is 13.1. The fraction of sp³-hybridized carbons (Fsp3) is 0.318. The van der Waals surface area contributed by atoms with Gasteiger partial charge in [-0.2, -0.15) is 0 Å². The van der Waals surface area contributed by atoms with Crippen molar-refractivity contribution in [1.29, 1.82) is 0 Å². The van der Waals surface area contributed by atoms with Gasteiger partial charge in [0.05, 0.1) is 23.6 Å². The van der Waals surface area contributed by atoms with Gasteiger partial charge in [-0.25, -0.2) is 4.98 Å². The van der Waals surface area contributed by atoms with Crippen LogP contribution in [0.5, 0.6) is 0 Å². The van der Waals surface area contributed by atoms with E-state index in [9.17, 15) is 9.59 Å². The number of nitrogens with zero attached hydrogens (tertiary/aromatic N) is 2. The number of hydrogen-bond acceptors (Lipinski definition) is 4. The number of H-pyrrole nitrogens is 1. The third-order valence-corrected chi connectivity index (χ3v) is 5.04. The molecular formula is C22H23N3O3. The first kappa shape index (κ1) is 18.4. The molecule has 1 amide bonds. The Labute approximate surface area is 163 Å². The molecule has 1 aliphatic heterocycles. The van der Waals surface area contributed by atoms with Gasteiger partial charge >= 0.3 is 0 Å². The van der Waals surface area contributed by atoms with Crippen LogP contribution < -0.4 is 5.56 Å². The number of para-hydroxylation sites is 1. The van der Waals surface area contributed by atoms with Gasteiger partial charge in [0.2, 0.25) is 0 Å². The highest BCUT2D eigenvalue weighted by atomic mass is 16.5. The van der Waals surface area contributed by atoms with E-state index in [1.807, 2.05) is 43.3 Å². The molecule has 0 aliphatic carbocycles. The Morgan fingerprint density at radius 3 is 2.75 bits per heavy atom. The lowest BCUT2D eigenvalue weighted by atomic mass is 10.1. The van der Waals surface area contributed by atoms with Gasteiger partial charge < -0.3 is 14.6 Å². The van der Waals surface area contributed by atoms with Crippen LogP contribution in [0.1, 0.15) is 34.6 Å². The average molecular weight is 377 g/mol. The van der Waals surface area contributed by atoms with Crippen LogP contribution in [0.15, 0.2) is 53.3 Å². The molecule has 144 valence electrons. The van der Waals surface area contributed by atoms with Crippen LogP contribution in [0.4, 0.5) is 0 Å². The third kappa shape index (κ3) is 3.97. The second-order valence-electron chi connectivity index (χ2n) is 7.22. The minimum Gasteiger partial charge on any atom is -0.376 e. The molecule has 1 N–H and O–H groups in total. The molecule has 0 saturated carbocycles. The lowest BCUT2D eigenvalue weighted by molar-refractivity contribution is 0.0501. The molecule has 1 fully saturated rings. The van der Waals surface area contributed by atoms with E-state index in [-0.39, 0.29) is 24.1 Å². The summed E-state index contributed by atoms with van der Waals surface area (Å²) < 4.78 is 5.73. The van der Waals surface area contributed by atoms with Crippen molar-refractivity contribution in [3.63, 3.8) is 0 Å². The second-order valence-corrected chi connectivity index (χ2v) is 7.22. The minimum absolute atomic E-state index is 0.0153. The topological polar surface area (TPSA) is 75.3 Å². The highest BCUT2D eigenvalue weighted by Crippen LogP contribution is 2.17. The van der Waals surface area contributed by atoms with Crippen LogP contribution in [0.2, 0.25) is 0 Å². The van der Waals surface area contributed by atoms with E-state index in [0.29, 0.717) is 28.8 Å². The van der Waals surface area contributed by atoms with Gasteiger partial charge in [0.25, 0.3) is 11.5 Å². The van der Waals surface area contributed by atoms with Crippen LogP contribution in [0.25, 0.3) is 10.9 Å². The zero-order valence-corrected chi connectivity index (χ0v) is 15.9. The van der Waals surface area contributed by atoms with E-state index < -0.39 is 0 Å². The largest absolute Gasteiger partial charge is 0.376 e. The highest BCUT2D eigenvalue weighted by Gasteiger charge is 2.24. The SMILES string of the molecule is Cc1ccc(C(=O)N(Cc2nc3ccccc3c(=O)[nH]2)C[C@@H]2CCCO2)cc1. The number of nitrogens with one attached hydrogen (secondary N) is 1. The molecule has 2 aromatic carbocycles. The van der Waals surface area contributed by atoms with Crippen molar-refractivity contribution in [2.45, 2.75) is 32.4 Å². The van der Waals surface area contributed by atoms with Crippen molar-refractivity contribution in [2.24, 2.45) is 0 Å². The molecule has 0 bridgehead atoms. The Balaban J connectivity index is 1.64. The standard InChI is InChI=1S/C22H23N3O3/c1-15-8-10-16(11-9-15)22(27)25(13-17-5-4-12-28-17)14-20-23-19-7-3-2-6-18(19)21(26)24-20/h2-3,6-11,17H,4-5,12-14H2,1H3,(H,23,24,26)/t17-/m0/s1. The van der Waals surface area contributed by atoms with Crippen LogP contribution in [0, 0.1) is 6.92 Å². The fourth-order valence-corrected chi connectivity index (χ4v) is 3.52. The minimum atomic E-state index is -0.194. The molecule has 3 aromatic rings. The molecule has 1 aliphatic rings. The smallest absolute Gasteiger partial charge is 0.258 e. The summed E-state index contributed by atoms with van der Waals surface area (Å²) in [5, 5.41) is 0.543. The van der Waals surface area contributed by atoms with E-state index >= 15 is 0 Å². The van der Waals surface area contributed by atoms with Gasteiger partial charge in [-0.1, -0.05) is 29.8 Å². The zero-order chi connectivity index (χ0) is 19.5. The van der Waals surface area contributed by atoms with Gasteiger partial charge in [0, 0.05) is 18.7 Å². The number of fused-ring (bicyclic) bond motifs is 1. The van der Waals surface area contributed by atoms with Crippen LogP contribution in [-0.2, 0) is 11.3 Å². The summed E-state index contributed by atoms with van der Waals surface area (Å²) in [6.07, 6.45) is 1.95. The van der Waals surface area contributed by atoms with Crippen LogP contribution in [-0.4, -0.2) is 40.0 Å². The predicted molar refractivity (Wildman–Crippen MR) is 107 cm³/mol. The average Bonchev–Trinajstić information content (AvgIpc) is 3.21.